The first kappa shape index (κ1) is 18.7. The third kappa shape index (κ3) is 8.17. The lowest BCUT2D eigenvalue weighted by molar-refractivity contribution is -0.125. The van der Waals surface area contributed by atoms with E-state index >= 15 is 0 Å². The minimum Gasteiger partial charge on any atom is -0.355 e. The maximum Gasteiger partial charge on any atom is 0.234 e. The fourth-order valence-corrected chi connectivity index (χ4v) is 2.60. The largest absolute Gasteiger partial charge is 0.355 e. The van der Waals surface area contributed by atoms with Crippen molar-refractivity contribution in [2.24, 2.45) is 0 Å². The Kier molecular flexibility index (Phi) is 8.82. The number of amides is 2. The highest BCUT2D eigenvalue weighted by Crippen LogP contribution is 2.19. The Morgan fingerprint density at radius 1 is 1.23 bits per heavy atom. The van der Waals surface area contributed by atoms with E-state index in [1.807, 2.05) is 25.7 Å². The van der Waals surface area contributed by atoms with Gasteiger partial charge >= 0.3 is 0 Å². The lowest BCUT2D eigenvalue weighted by Crippen LogP contribution is -2.44. The molecule has 0 saturated carbocycles. The van der Waals surface area contributed by atoms with Gasteiger partial charge in [0.2, 0.25) is 11.8 Å². The molecule has 1 aliphatic carbocycles. The van der Waals surface area contributed by atoms with E-state index in [9.17, 15) is 9.59 Å². The van der Waals surface area contributed by atoms with Gasteiger partial charge in [-0.2, -0.15) is 0 Å². The molecule has 2 N–H and O–H groups in total. The van der Waals surface area contributed by atoms with Crippen LogP contribution in [0.5, 0.6) is 0 Å². The first-order chi connectivity index (χ1) is 10.5. The Morgan fingerprint density at radius 3 is 2.55 bits per heavy atom. The maximum atomic E-state index is 12.0. The third-order valence-corrected chi connectivity index (χ3v) is 3.78. The number of likely N-dealkylation sites (N-methyl/N-ethyl adjacent to an activating group) is 1. The highest BCUT2D eigenvalue weighted by molar-refractivity contribution is 5.81. The second-order valence-electron chi connectivity index (χ2n) is 6.23. The van der Waals surface area contributed by atoms with Crippen LogP contribution in [0.4, 0.5) is 0 Å². The number of rotatable bonds is 9. The Labute approximate surface area is 134 Å². The summed E-state index contributed by atoms with van der Waals surface area (Å²) in [5.74, 6) is -0.0346. The van der Waals surface area contributed by atoms with Gasteiger partial charge in [0.1, 0.15) is 0 Å². The van der Waals surface area contributed by atoms with E-state index in [4.69, 9.17) is 0 Å². The van der Waals surface area contributed by atoms with Gasteiger partial charge in [0.25, 0.3) is 0 Å². The number of hydrogen-bond acceptors (Lipinski definition) is 3. The summed E-state index contributed by atoms with van der Waals surface area (Å²) in [6.45, 7) is 7.75. The second kappa shape index (κ2) is 10.4. The van der Waals surface area contributed by atoms with Crippen molar-refractivity contribution in [1.82, 2.24) is 15.5 Å². The van der Waals surface area contributed by atoms with E-state index in [0.717, 1.165) is 6.42 Å². The van der Waals surface area contributed by atoms with E-state index in [2.05, 4.69) is 16.7 Å². The molecule has 0 aromatic carbocycles. The third-order valence-electron chi connectivity index (χ3n) is 3.78. The van der Waals surface area contributed by atoms with Gasteiger partial charge in [0.05, 0.1) is 13.1 Å². The number of carbonyl (C=O) groups is 2. The molecule has 126 valence electrons. The number of nitrogens with zero attached hydrogens (tertiary/aromatic N) is 1. The van der Waals surface area contributed by atoms with Crippen LogP contribution in [0.15, 0.2) is 11.6 Å². The van der Waals surface area contributed by atoms with E-state index in [-0.39, 0.29) is 30.9 Å². The van der Waals surface area contributed by atoms with Gasteiger partial charge in [-0.15, -0.1) is 0 Å². The summed E-state index contributed by atoms with van der Waals surface area (Å²) < 4.78 is 0. The zero-order chi connectivity index (χ0) is 16.4. The number of carbonyl (C=O) groups excluding carboxylic acids is 2. The molecule has 2 amide bonds. The molecular formula is C17H31N3O2. The van der Waals surface area contributed by atoms with Crippen LogP contribution in [0.3, 0.4) is 0 Å². The Bertz CT molecular complexity index is 391. The summed E-state index contributed by atoms with van der Waals surface area (Å²) in [6.07, 6.45) is 8.17. The van der Waals surface area contributed by atoms with Gasteiger partial charge < -0.3 is 10.6 Å². The Hall–Kier alpha value is -1.36. The molecule has 0 heterocycles. The fourth-order valence-electron chi connectivity index (χ4n) is 2.60. The van der Waals surface area contributed by atoms with Crippen LogP contribution >= 0.6 is 0 Å². The highest BCUT2D eigenvalue weighted by atomic mass is 16.2. The van der Waals surface area contributed by atoms with Crippen molar-refractivity contribution in [3.8, 4) is 0 Å². The molecule has 5 heteroatoms. The molecule has 22 heavy (non-hydrogen) atoms. The summed E-state index contributed by atoms with van der Waals surface area (Å²) in [5.41, 5.74) is 1.47. The summed E-state index contributed by atoms with van der Waals surface area (Å²) in [6, 6.07) is 0.129. The van der Waals surface area contributed by atoms with Gasteiger partial charge in [-0.3, -0.25) is 14.5 Å². The molecule has 0 radical (unpaired) electrons. The van der Waals surface area contributed by atoms with Crippen LogP contribution in [-0.2, 0) is 9.59 Å². The SMILES string of the molecule is CCN(CC(=O)NCCC1=CCCCC1)CC(=O)NC(C)C. The Morgan fingerprint density at radius 2 is 1.95 bits per heavy atom. The van der Waals surface area contributed by atoms with Crippen molar-refractivity contribution in [2.45, 2.75) is 58.9 Å². The lowest BCUT2D eigenvalue weighted by atomic mass is 9.97. The zero-order valence-corrected chi connectivity index (χ0v) is 14.3. The van der Waals surface area contributed by atoms with Crippen LogP contribution in [0, 0.1) is 0 Å². The summed E-state index contributed by atoms with van der Waals surface area (Å²) >= 11 is 0. The van der Waals surface area contributed by atoms with Crippen molar-refractivity contribution in [3.05, 3.63) is 11.6 Å². The molecular weight excluding hydrogens is 278 g/mol. The molecule has 0 unspecified atom stereocenters. The smallest absolute Gasteiger partial charge is 0.234 e. The van der Waals surface area contributed by atoms with Gasteiger partial charge in [-0.25, -0.2) is 0 Å². The topological polar surface area (TPSA) is 61.4 Å². The predicted molar refractivity (Wildman–Crippen MR) is 89.6 cm³/mol. The van der Waals surface area contributed by atoms with Crippen LogP contribution in [0.1, 0.15) is 52.9 Å². The molecule has 0 saturated heterocycles. The van der Waals surface area contributed by atoms with E-state index in [1.54, 1.807) is 0 Å². The maximum absolute atomic E-state index is 12.0. The number of nitrogens with one attached hydrogen (secondary N) is 2. The number of allylic oxidation sites excluding steroid dienone is 1. The van der Waals surface area contributed by atoms with Gasteiger partial charge in [-0.1, -0.05) is 18.6 Å². The molecule has 1 rings (SSSR count). The fraction of sp³-hybridized carbons (Fsp3) is 0.765. The van der Waals surface area contributed by atoms with Crippen LogP contribution < -0.4 is 10.6 Å². The van der Waals surface area contributed by atoms with Gasteiger partial charge in [-0.05, 0) is 52.5 Å². The molecule has 0 aromatic heterocycles. The predicted octanol–water partition coefficient (Wildman–Crippen LogP) is 1.84. The second-order valence-corrected chi connectivity index (χ2v) is 6.23. The highest BCUT2D eigenvalue weighted by Gasteiger charge is 2.13. The lowest BCUT2D eigenvalue weighted by Gasteiger charge is -2.20. The molecule has 0 bridgehead atoms. The number of hydrogen-bond donors (Lipinski definition) is 2. The first-order valence-electron chi connectivity index (χ1n) is 8.47. The van der Waals surface area contributed by atoms with Crippen molar-refractivity contribution < 1.29 is 9.59 Å². The van der Waals surface area contributed by atoms with Crippen LogP contribution in [0.2, 0.25) is 0 Å². The average molecular weight is 309 g/mol. The molecule has 0 aliphatic heterocycles. The molecule has 5 nitrogen and oxygen atoms in total. The minimum atomic E-state index is -0.0305. The molecule has 0 spiro atoms. The van der Waals surface area contributed by atoms with Crippen LogP contribution in [-0.4, -0.2) is 48.9 Å². The van der Waals surface area contributed by atoms with Crippen LogP contribution in [0.25, 0.3) is 0 Å². The first-order valence-corrected chi connectivity index (χ1v) is 8.47. The molecule has 0 fully saturated rings. The monoisotopic (exact) mass is 309 g/mol. The molecule has 0 atom stereocenters. The average Bonchev–Trinajstić information content (AvgIpc) is 2.46. The Balaban J connectivity index is 2.23. The van der Waals surface area contributed by atoms with E-state index in [0.29, 0.717) is 13.1 Å². The minimum absolute atomic E-state index is 0.00407. The summed E-state index contributed by atoms with van der Waals surface area (Å²) in [5, 5.41) is 5.80. The van der Waals surface area contributed by atoms with Crippen molar-refractivity contribution in [1.29, 1.82) is 0 Å². The zero-order valence-electron chi connectivity index (χ0n) is 14.3. The quantitative estimate of drug-likeness (QED) is 0.639. The van der Waals surface area contributed by atoms with Gasteiger partial charge in [0, 0.05) is 12.6 Å². The van der Waals surface area contributed by atoms with Gasteiger partial charge in [0.15, 0.2) is 0 Å². The van der Waals surface area contributed by atoms with Crippen molar-refractivity contribution >= 4 is 11.8 Å². The van der Waals surface area contributed by atoms with E-state index in [1.165, 1.54) is 31.3 Å². The molecule has 1 aliphatic rings. The summed E-state index contributed by atoms with van der Waals surface area (Å²) in [4.78, 5) is 25.5. The van der Waals surface area contributed by atoms with Crippen molar-refractivity contribution in [2.75, 3.05) is 26.2 Å². The summed E-state index contributed by atoms with van der Waals surface area (Å²) in [7, 11) is 0. The molecule has 0 aromatic rings. The standard InChI is InChI=1S/C17H31N3O2/c1-4-20(13-17(22)19-14(2)3)12-16(21)18-11-10-15-8-6-5-7-9-15/h8,14H,4-7,9-13H2,1-3H3,(H,18,21)(H,19,22). The van der Waals surface area contributed by atoms with Crippen molar-refractivity contribution in [3.63, 3.8) is 0 Å². The van der Waals surface area contributed by atoms with E-state index < -0.39 is 0 Å². The normalized spacial score (nSPS) is 14.9.